The second-order valence-corrected chi connectivity index (χ2v) is 4.52. The third-order valence-corrected chi connectivity index (χ3v) is 2.91. The predicted octanol–water partition coefficient (Wildman–Crippen LogP) is 1.73. The average molecular weight is 366 g/mol. The molecule has 0 bridgehead atoms. The number of rotatable bonds is 6. The van der Waals surface area contributed by atoms with Gasteiger partial charge in [0.25, 0.3) is 0 Å². The van der Waals surface area contributed by atoms with Crippen molar-refractivity contribution in [3.05, 3.63) is 21.3 Å². The van der Waals surface area contributed by atoms with Crippen LogP contribution >= 0.6 is 22.6 Å². The van der Waals surface area contributed by atoms with Crippen molar-refractivity contribution in [3.63, 3.8) is 0 Å². The molecule has 6 heteroatoms. The van der Waals surface area contributed by atoms with Crippen molar-refractivity contribution in [3.8, 4) is 11.5 Å². The van der Waals surface area contributed by atoms with E-state index < -0.39 is 5.97 Å². The molecule has 0 spiro atoms. The number of aliphatic hydroxyl groups excluding tert-OH is 1. The van der Waals surface area contributed by atoms with Gasteiger partial charge >= 0.3 is 5.97 Å². The molecular formula is C12H15IO5. The van der Waals surface area contributed by atoms with E-state index in [0.29, 0.717) is 18.1 Å². The van der Waals surface area contributed by atoms with Gasteiger partial charge < -0.3 is 19.3 Å². The molecule has 0 aliphatic heterocycles. The van der Waals surface area contributed by atoms with Crippen LogP contribution in [0.25, 0.3) is 0 Å². The monoisotopic (exact) mass is 366 g/mol. The molecule has 5 nitrogen and oxygen atoms in total. The first-order valence-electron chi connectivity index (χ1n) is 5.38. The lowest BCUT2D eigenvalue weighted by Gasteiger charge is -2.13. The zero-order chi connectivity index (χ0) is 13.5. The molecule has 0 radical (unpaired) electrons. The molecule has 0 aromatic heterocycles. The zero-order valence-electron chi connectivity index (χ0n) is 10.2. The molecule has 18 heavy (non-hydrogen) atoms. The van der Waals surface area contributed by atoms with E-state index in [9.17, 15) is 4.79 Å². The minimum Gasteiger partial charge on any atom is -0.493 e. The number of hydrogen-bond acceptors (Lipinski definition) is 5. The second-order valence-electron chi connectivity index (χ2n) is 3.36. The minimum atomic E-state index is -0.429. The molecule has 0 aliphatic carbocycles. The van der Waals surface area contributed by atoms with Crippen LogP contribution in [0.1, 0.15) is 12.5 Å². The topological polar surface area (TPSA) is 65.0 Å². The molecule has 0 amide bonds. The van der Waals surface area contributed by atoms with E-state index in [2.05, 4.69) is 22.6 Å². The van der Waals surface area contributed by atoms with Crippen molar-refractivity contribution < 1.29 is 24.1 Å². The van der Waals surface area contributed by atoms with E-state index in [1.54, 1.807) is 19.1 Å². The molecule has 0 unspecified atom stereocenters. The highest BCUT2D eigenvalue weighted by molar-refractivity contribution is 14.1. The van der Waals surface area contributed by atoms with Crippen LogP contribution in [0.5, 0.6) is 11.5 Å². The molecule has 0 fully saturated rings. The summed E-state index contributed by atoms with van der Waals surface area (Å²) in [4.78, 5) is 11.2. The van der Waals surface area contributed by atoms with Crippen molar-refractivity contribution >= 4 is 28.6 Å². The Bertz CT molecular complexity index is 419. The van der Waals surface area contributed by atoms with Gasteiger partial charge in [0.05, 0.1) is 23.9 Å². The Labute approximate surface area is 119 Å². The van der Waals surface area contributed by atoms with Crippen LogP contribution in [0.15, 0.2) is 12.1 Å². The summed E-state index contributed by atoms with van der Waals surface area (Å²) in [5, 5.41) is 9.09. The fourth-order valence-electron chi connectivity index (χ4n) is 1.34. The first-order chi connectivity index (χ1) is 8.62. The van der Waals surface area contributed by atoms with Gasteiger partial charge in [-0.3, -0.25) is 0 Å². The van der Waals surface area contributed by atoms with E-state index in [1.165, 1.54) is 7.11 Å². The number of hydrogen-bond donors (Lipinski definition) is 1. The van der Waals surface area contributed by atoms with Gasteiger partial charge in [-0.1, -0.05) is 0 Å². The van der Waals surface area contributed by atoms with Crippen LogP contribution in [0.3, 0.4) is 0 Å². The summed E-state index contributed by atoms with van der Waals surface area (Å²) >= 11 is 2.06. The summed E-state index contributed by atoms with van der Waals surface area (Å²) in [6, 6.07) is 3.44. The van der Waals surface area contributed by atoms with E-state index >= 15 is 0 Å². The SMILES string of the molecule is CCOC(=O)COc1c(I)cc(CO)cc1OC. The molecule has 1 rings (SSSR count). The quantitative estimate of drug-likeness (QED) is 0.614. The molecule has 0 heterocycles. The van der Waals surface area contributed by atoms with Gasteiger partial charge in [0.1, 0.15) is 0 Å². The van der Waals surface area contributed by atoms with E-state index in [1.807, 2.05) is 0 Å². The summed E-state index contributed by atoms with van der Waals surface area (Å²) < 4.78 is 16.1. The molecule has 1 N–H and O–H groups in total. The van der Waals surface area contributed by atoms with E-state index in [-0.39, 0.29) is 13.2 Å². The van der Waals surface area contributed by atoms with Crippen molar-refractivity contribution in [1.29, 1.82) is 0 Å². The molecule has 0 atom stereocenters. The molecule has 1 aromatic rings. The highest BCUT2D eigenvalue weighted by Gasteiger charge is 2.13. The van der Waals surface area contributed by atoms with Crippen LogP contribution in [0, 0.1) is 3.57 Å². The molecule has 1 aromatic carbocycles. The Morgan fingerprint density at radius 2 is 2.17 bits per heavy atom. The number of aliphatic hydroxyl groups is 1. The van der Waals surface area contributed by atoms with Gasteiger partial charge in [-0.2, -0.15) is 0 Å². The average Bonchev–Trinajstić information content (AvgIpc) is 2.36. The van der Waals surface area contributed by atoms with Gasteiger partial charge in [0.15, 0.2) is 18.1 Å². The number of benzene rings is 1. The third-order valence-electron chi connectivity index (χ3n) is 2.11. The van der Waals surface area contributed by atoms with Gasteiger partial charge in [-0.05, 0) is 47.2 Å². The first kappa shape index (κ1) is 15.0. The van der Waals surface area contributed by atoms with Crippen molar-refractivity contribution in [1.82, 2.24) is 0 Å². The van der Waals surface area contributed by atoms with Crippen LogP contribution in [0.2, 0.25) is 0 Å². The maximum atomic E-state index is 11.2. The third kappa shape index (κ3) is 4.02. The smallest absolute Gasteiger partial charge is 0.344 e. The molecule has 0 saturated carbocycles. The maximum Gasteiger partial charge on any atom is 0.344 e. The van der Waals surface area contributed by atoms with Crippen molar-refractivity contribution in [2.75, 3.05) is 20.3 Å². The fraction of sp³-hybridized carbons (Fsp3) is 0.417. The number of halogens is 1. The lowest BCUT2D eigenvalue weighted by Crippen LogP contribution is -2.15. The Balaban J connectivity index is 2.84. The first-order valence-corrected chi connectivity index (χ1v) is 6.45. The lowest BCUT2D eigenvalue weighted by atomic mass is 10.2. The molecule has 0 saturated heterocycles. The maximum absolute atomic E-state index is 11.2. The number of esters is 1. The zero-order valence-corrected chi connectivity index (χ0v) is 12.4. The van der Waals surface area contributed by atoms with Crippen LogP contribution in [-0.4, -0.2) is 31.4 Å². The number of methoxy groups -OCH3 is 1. The second kappa shape index (κ2) is 7.42. The Hall–Kier alpha value is -1.02. The summed E-state index contributed by atoms with van der Waals surface area (Å²) in [5.41, 5.74) is 0.722. The summed E-state index contributed by atoms with van der Waals surface area (Å²) in [6.45, 7) is 1.81. The highest BCUT2D eigenvalue weighted by atomic mass is 127. The van der Waals surface area contributed by atoms with Crippen LogP contribution in [-0.2, 0) is 16.1 Å². The largest absolute Gasteiger partial charge is 0.493 e. The Kier molecular flexibility index (Phi) is 6.20. The Morgan fingerprint density at radius 3 is 2.72 bits per heavy atom. The van der Waals surface area contributed by atoms with Crippen LogP contribution in [0.4, 0.5) is 0 Å². The van der Waals surface area contributed by atoms with Crippen molar-refractivity contribution in [2.24, 2.45) is 0 Å². The van der Waals surface area contributed by atoms with E-state index in [4.69, 9.17) is 19.3 Å². The van der Waals surface area contributed by atoms with Gasteiger partial charge in [-0.15, -0.1) is 0 Å². The summed E-state index contributed by atoms with van der Waals surface area (Å²) in [5.74, 6) is 0.528. The number of carbonyl (C=O) groups is 1. The van der Waals surface area contributed by atoms with Gasteiger partial charge in [-0.25, -0.2) is 4.79 Å². The van der Waals surface area contributed by atoms with E-state index in [0.717, 1.165) is 9.13 Å². The van der Waals surface area contributed by atoms with Crippen molar-refractivity contribution in [2.45, 2.75) is 13.5 Å². The highest BCUT2D eigenvalue weighted by Crippen LogP contribution is 2.33. The lowest BCUT2D eigenvalue weighted by molar-refractivity contribution is -0.145. The van der Waals surface area contributed by atoms with Crippen LogP contribution < -0.4 is 9.47 Å². The summed E-state index contributed by atoms with van der Waals surface area (Å²) in [7, 11) is 1.50. The molecule has 100 valence electrons. The normalized spacial score (nSPS) is 10.0. The molecule has 0 aliphatic rings. The number of ether oxygens (including phenoxy) is 3. The predicted molar refractivity (Wildman–Crippen MR) is 73.8 cm³/mol. The standard InChI is InChI=1S/C12H15IO5/c1-3-17-11(15)7-18-12-9(13)4-8(6-14)5-10(12)16-2/h4-5,14H,3,6-7H2,1-2H3. The summed E-state index contributed by atoms with van der Waals surface area (Å²) in [6.07, 6.45) is 0. The Morgan fingerprint density at radius 1 is 1.44 bits per heavy atom. The van der Waals surface area contributed by atoms with Gasteiger partial charge in [0, 0.05) is 0 Å². The van der Waals surface area contributed by atoms with Gasteiger partial charge in [0.2, 0.25) is 0 Å². The number of carbonyl (C=O) groups excluding carboxylic acids is 1. The molecular weight excluding hydrogens is 351 g/mol. The fourth-order valence-corrected chi connectivity index (χ4v) is 2.16. The minimum absolute atomic E-state index is 0.0789.